The van der Waals surface area contributed by atoms with Gasteiger partial charge in [0.25, 0.3) is 5.91 Å². The number of hydrogen-bond donors (Lipinski definition) is 1. The average Bonchev–Trinajstić information content (AvgIpc) is 3.00. The fraction of sp³-hybridized carbons (Fsp3) is 0.789. The SMILES string of the molecule is COC1CCN(CC(O)C2CCN(C(=O)c3sc(C)nc3C)CC2)CC1. The fourth-order valence-electron chi connectivity index (χ4n) is 4.10. The number of likely N-dealkylation sites (tertiary alicyclic amines) is 2. The van der Waals surface area contributed by atoms with E-state index in [4.69, 9.17) is 4.74 Å². The van der Waals surface area contributed by atoms with Gasteiger partial charge in [-0.05, 0) is 45.4 Å². The van der Waals surface area contributed by atoms with E-state index >= 15 is 0 Å². The van der Waals surface area contributed by atoms with E-state index in [0.717, 1.165) is 74.0 Å². The third kappa shape index (κ3) is 4.63. The second-order valence-electron chi connectivity index (χ2n) is 7.58. The second kappa shape index (κ2) is 8.78. The van der Waals surface area contributed by atoms with E-state index in [1.54, 1.807) is 7.11 Å². The van der Waals surface area contributed by atoms with Crippen molar-refractivity contribution in [1.82, 2.24) is 14.8 Å². The van der Waals surface area contributed by atoms with Crippen molar-refractivity contribution < 1.29 is 14.6 Å². The highest BCUT2D eigenvalue weighted by Crippen LogP contribution is 2.26. The number of aromatic nitrogens is 1. The molecule has 1 unspecified atom stereocenters. The lowest BCUT2D eigenvalue weighted by Gasteiger charge is -2.37. The van der Waals surface area contributed by atoms with Crippen LogP contribution in [0.5, 0.6) is 0 Å². The Morgan fingerprint density at radius 1 is 1.23 bits per heavy atom. The number of amides is 1. The van der Waals surface area contributed by atoms with Gasteiger partial charge in [-0.2, -0.15) is 0 Å². The third-order valence-electron chi connectivity index (χ3n) is 5.78. The summed E-state index contributed by atoms with van der Waals surface area (Å²) in [7, 11) is 1.78. The molecule has 2 saturated heterocycles. The molecule has 0 spiro atoms. The van der Waals surface area contributed by atoms with Crippen LogP contribution in [0.3, 0.4) is 0 Å². The quantitative estimate of drug-likeness (QED) is 0.846. The van der Waals surface area contributed by atoms with Gasteiger partial charge in [0.2, 0.25) is 0 Å². The molecule has 2 fully saturated rings. The number of carbonyl (C=O) groups excluding carboxylic acids is 1. The Kier molecular flexibility index (Phi) is 6.66. The number of β-amino-alcohol motifs (C(OH)–C–C–N with tert-alkyl or cyclic N) is 1. The van der Waals surface area contributed by atoms with E-state index in [0.29, 0.717) is 6.10 Å². The molecule has 26 heavy (non-hydrogen) atoms. The average molecular weight is 382 g/mol. The maximum Gasteiger partial charge on any atom is 0.265 e. The van der Waals surface area contributed by atoms with Gasteiger partial charge >= 0.3 is 0 Å². The molecule has 1 atom stereocenters. The summed E-state index contributed by atoms with van der Waals surface area (Å²) >= 11 is 1.48. The van der Waals surface area contributed by atoms with Crippen molar-refractivity contribution >= 4 is 17.2 Å². The maximum atomic E-state index is 12.7. The standard InChI is InChI=1S/C19H31N3O3S/c1-13-18(26-14(2)20-13)19(24)22-10-4-15(5-11-22)17(23)12-21-8-6-16(25-3)7-9-21/h15-17,23H,4-12H2,1-3H3. The normalized spacial score (nSPS) is 21.9. The molecule has 0 saturated carbocycles. The first kappa shape index (κ1) is 19.7. The zero-order valence-corrected chi connectivity index (χ0v) is 16.9. The van der Waals surface area contributed by atoms with Crippen molar-refractivity contribution in [3.8, 4) is 0 Å². The molecule has 0 aromatic carbocycles. The molecule has 2 aliphatic rings. The van der Waals surface area contributed by atoms with Crippen LogP contribution in [-0.4, -0.2) is 77.8 Å². The summed E-state index contributed by atoms with van der Waals surface area (Å²) in [6, 6.07) is 0. The molecule has 0 radical (unpaired) electrons. The van der Waals surface area contributed by atoms with Gasteiger partial charge in [-0.15, -0.1) is 11.3 Å². The molecule has 1 N–H and O–H groups in total. The molecule has 1 aromatic rings. The van der Waals surface area contributed by atoms with E-state index in [9.17, 15) is 9.90 Å². The van der Waals surface area contributed by atoms with Gasteiger partial charge in [0.15, 0.2) is 0 Å². The van der Waals surface area contributed by atoms with Crippen LogP contribution in [0.4, 0.5) is 0 Å². The molecular weight excluding hydrogens is 350 g/mol. The first-order valence-electron chi connectivity index (χ1n) is 9.64. The molecule has 1 aromatic heterocycles. The predicted molar refractivity (Wildman–Crippen MR) is 103 cm³/mol. The lowest BCUT2D eigenvalue weighted by molar-refractivity contribution is 0.00118. The van der Waals surface area contributed by atoms with Gasteiger partial charge in [0.1, 0.15) is 4.88 Å². The number of aliphatic hydroxyl groups excluding tert-OH is 1. The Morgan fingerprint density at radius 3 is 2.42 bits per heavy atom. The minimum absolute atomic E-state index is 0.0997. The maximum absolute atomic E-state index is 12.7. The number of methoxy groups -OCH3 is 1. The number of piperidine rings is 2. The highest BCUT2D eigenvalue weighted by molar-refractivity contribution is 7.13. The topological polar surface area (TPSA) is 65.9 Å². The van der Waals surface area contributed by atoms with E-state index in [-0.39, 0.29) is 17.9 Å². The van der Waals surface area contributed by atoms with Crippen LogP contribution in [-0.2, 0) is 4.74 Å². The van der Waals surface area contributed by atoms with Crippen LogP contribution in [0.2, 0.25) is 0 Å². The number of carbonyl (C=O) groups is 1. The third-order valence-corrected chi connectivity index (χ3v) is 6.84. The Bertz CT molecular complexity index is 605. The minimum atomic E-state index is -0.307. The molecule has 7 heteroatoms. The van der Waals surface area contributed by atoms with Crippen LogP contribution in [0, 0.1) is 19.8 Å². The largest absolute Gasteiger partial charge is 0.392 e. The highest BCUT2D eigenvalue weighted by Gasteiger charge is 2.31. The molecule has 3 rings (SSSR count). The number of rotatable bonds is 5. The van der Waals surface area contributed by atoms with Crippen molar-refractivity contribution in [2.24, 2.45) is 5.92 Å². The molecule has 2 aliphatic heterocycles. The summed E-state index contributed by atoms with van der Waals surface area (Å²) in [5.41, 5.74) is 0.833. The van der Waals surface area contributed by atoms with Gasteiger partial charge in [-0.1, -0.05) is 0 Å². The minimum Gasteiger partial charge on any atom is -0.392 e. The summed E-state index contributed by atoms with van der Waals surface area (Å²) in [4.78, 5) is 22.1. The van der Waals surface area contributed by atoms with Gasteiger partial charge in [0.05, 0.1) is 22.9 Å². The first-order chi connectivity index (χ1) is 12.5. The lowest BCUT2D eigenvalue weighted by atomic mass is 9.90. The lowest BCUT2D eigenvalue weighted by Crippen LogP contribution is -2.46. The number of aliphatic hydroxyl groups is 1. The summed E-state index contributed by atoms with van der Waals surface area (Å²) in [6.45, 7) is 8.02. The summed E-state index contributed by atoms with van der Waals surface area (Å²) in [6.07, 6.45) is 3.90. The Hall–Kier alpha value is -1.02. The molecule has 1 amide bonds. The van der Waals surface area contributed by atoms with Crippen molar-refractivity contribution in [2.45, 2.75) is 51.7 Å². The Morgan fingerprint density at radius 2 is 1.88 bits per heavy atom. The van der Waals surface area contributed by atoms with E-state index in [1.165, 1.54) is 11.3 Å². The van der Waals surface area contributed by atoms with Crippen LogP contribution in [0.25, 0.3) is 0 Å². The zero-order chi connectivity index (χ0) is 18.7. The van der Waals surface area contributed by atoms with Crippen LogP contribution >= 0.6 is 11.3 Å². The number of hydrogen-bond acceptors (Lipinski definition) is 6. The summed E-state index contributed by atoms with van der Waals surface area (Å²) in [5.74, 6) is 0.381. The monoisotopic (exact) mass is 381 g/mol. The Balaban J connectivity index is 1.46. The summed E-state index contributed by atoms with van der Waals surface area (Å²) in [5, 5.41) is 11.6. The van der Waals surface area contributed by atoms with Gasteiger partial charge < -0.3 is 19.6 Å². The number of aryl methyl sites for hydroxylation is 2. The van der Waals surface area contributed by atoms with Gasteiger partial charge in [-0.25, -0.2) is 4.98 Å². The van der Waals surface area contributed by atoms with Gasteiger partial charge in [-0.3, -0.25) is 4.79 Å². The van der Waals surface area contributed by atoms with E-state index in [1.807, 2.05) is 18.7 Å². The van der Waals surface area contributed by atoms with Crippen molar-refractivity contribution in [1.29, 1.82) is 0 Å². The summed E-state index contributed by atoms with van der Waals surface area (Å²) < 4.78 is 5.41. The molecule has 0 aliphatic carbocycles. The first-order valence-corrected chi connectivity index (χ1v) is 10.5. The number of nitrogens with zero attached hydrogens (tertiary/aromatic N) is 3. The van der Waals surface area contributed by atoms with Crippen LogP contribution in [0.1, 0.15) is 46.1 Å². The van der Waals surface area contributed by atoms with Crippen LogP contribution in [0.15, 0.2) is 0 Å². The predicted octanol–water partition coefficient (Wildman–Crippen LogP) is 2.08. The molecule has 6 nitrogen and oxygen atoms in total. The number of thiazole rings is 1. The van der Waals surface area contributed by atoms with E-state index < -0.39 is 0 Å². The fourth-order valence-corrected chi connectivity index (χ4v) is 4.99. The smallest absolute Gasteiger partial charge is 0.265 e. The van der Waals surface area contributed by atoms with E-state index in [2.05, 4.69) is 9.88 Å². The molecule has 146 valence electrons. The van der Waals surface area contributed by atoms with Gasteiger partial charge in [0, 0.05) is 39.8 Å². The number of ether oxygens (including phenoxy) is 1. The van der Waals surface area contributed by atoms with Crippen molar-refractivity contribution in [3.05, 3.63) is 15.6 Å². The second-order valence-corrected chi connectivity index (χ2v) is 8.78. The van der Waals surface area contributed by atoms with Crippen molar-refractivity contribution in [3.63, 3.8) is 0 Å². The molecule has 3 heterocycles. The highest BCUT2D eigenvalue weighted by atomic mass is 32.1. The zero-order valence-electron chi connectivity index (χ0n) is 16.1. The van der Waals surface area contributed by atoms with Crippen LogP contribution < -0.4 is 0 Å². The van der Waals surface area contributed by atoms with Crippen molar-refractivity contribution in [2.75, 3.05) is 39.8 Å². The molecule has 0 bridgehead atoms. The molecular formula is C19H31N3O3S. The Labute approximate surface area is 160 Å².